The lowest BCUT2D eigenvalue weighted by Gasteiger charge is -2.09. The lowest BCUT2D eigenvalue weighted by Crippen LogP contribution is -2.11. The van der Waals surface area contributed by atoms with Gasteiger partial charge in [-0.2, -0.15) is 0 Å². The molecule has 0 amide bonds. The van der Waals surface area contributed by atoms with E-state index in [-0.39, 0.29) is 0 Å². The van der Waals surface area contributed by atoms with Crippen molar-refractivity contribution >= 4 is 29.1 Å². The first kappa shape index (κ1) is 18.5. The van der Waals surface area contributed by atoms with Crippen molar-refractivity contribution in [2.24, 2.45) is 0 Å². The van der Waals surface area contributed by atoms with Crippen molar-refractivity contribution in [3.63, 3.8) is 0 Å². The number of ether oxygens (including phenoxy) is 1. The van der Waals surface area contributed by atoms with Gasteiger partial charge in [-0.25, -0.2) is 14.8 Å². The molecule has 3 rings (SSSR count). The van der Waals surface area contributed by atoms with Gasteiger partial charge in [0.2, 0.25) is 0 Å². The summed E-state index contributed by atoms with van der Waals surface area (Å²) < 4.78 is 7.16. The number of esters is 1. The number of aromatic nitrogens is 5. The quantitative estimate of drug-likeness (QED) is 0.451. The Bertz CT molecular complexity index is 893. The van der Waals surface area contributed by atoms with Crippen molar-refractivity contribution in [1.82, 2.24) is 24.7 Å². The summed E-state index contributed by atoms with van der Waals surface area (Å²) in [7, 11) is 0. The van der Waals surface area contributed by atoms with Crippen LogP contribution in [0.15, 0.2) is 28.9 Å². The molecule has 0 N–H and O–H groups in total. The zero-order valence-corrected chi connectivity index (χ0v) is 16.4. The molecule has 0 aliphatic heterocycles. The van der Waals surface area contributed by atoms with E-state index in [1.165, 1.54) is 18.0 Å². The molecule has 3 heterocycles. The average molecular weight is 390 g/mol. The van der Waals surface area contributed by atoms with Crippen molar-refractivity contribution in [3.05, 3.63) is 40.8 Å². The van der Waals surface area contributed by atoms with E-state index >= 15 is 0 Å². The first-order chi connectivity index (χ1) is 12.6. The molecule has 0 unspecified atom stereocenters. The van der Waals surface area contributed by atoms with E-state index in [0.717, 1.165) is 22.4 Å². The van der Waals surface area contributed by atoms with Crippen LogP contribution in [0.2, 0.25) is 0 Å². The van der Waals surface area contributed by atoms with Crippen molar-refractivity contribution in [3.8, 4) is 10.7 Å². The van der Waals surface area contributed by atoms with Crippen LogP contribution in [0.4, 0.5) is 0 Å². The lowest BCUT2D eigenvalue weighted by molar-refractivity contribution is 0.0524. The Morgan fingerprint density at radius 3 is 2.88 bits per heavy atom. The van der Waals surface area contributed by atoms with E-state index < -0.39 is 5.97 Å². The molecule has 0 radical (unpaired) electrons. The fourth-order valence-electron chi connectivity index (χ4n) is 2.41. The zero-order chi connectivity index (χ0) is 18.5. The monoisotopic (exact) mass is 389 g/mol. The van der Waals surface area contributed by atoms with Crippen LogP contribution in [-0.2, 0) is 17.0 Å². The molecule has 0 atom stereocenters. The number of hydrogen-bond acceptors (Lipinski definition) is 8. The molecule has 0 saturated heterocycles. The molecule has 3 aromatic heterocycles. The van der Waals surface area contributed by atoms with Gasteiger partial charge in [-0.3, -0.25) is 0 Å². The van der Waals surface area contributed by atoms with Gasteiger partial charge in [0, 0.05) is 18.5 Å². The second kappa shape index (κ2) is 8.41. The molecule has 0 aromatic carbocycles. The summed E-state index contributed by atoms with van der Waals surface area (Å²) in [6.45, 7) is 6.71. The number of thiophene rings is 1. The van der Waals surface area contributed by atoms with Gasteiger partial charge >= 0.3 is 5.97 Å². The number of carbonyl (C=O) groups excluding carboxylic acids is 1. The number of rotatable bonds is 7. The minimum atomic E-state index is -0.403. The minimum absolute atomic E-state index is 0.313. The maximum atomic E-state index is 12.1. The zero-order valence-electron chi connectivity index (χ0n) is 14.8. The van der Waals surface area contributed by atoms with E-state index in [4.69, 9.17) is 4.74 Å². The molecule has 136 valence electrons. The van der Waals surface area contributed by atoms with Crippen LogP contribution in [-0.4, -0.2) is 37.3 Å². The molecular weight excluding hydrogens is 370 g/mol. The van der Waals surface area contributed by atoms with Crippen LogP contribution in [0.1, 0.15) is 35.7 Å². The second-order valence-electron chi connectivity index (χ2n) is 5.31. The third-order valence-electron chi connectivity index (χ3n) is 3.60. The minimum Gasteiger partial charge on any atom is -0.462 e. The molecule has 0 spiro atoms. The van der Waals surface area contributed by atoms with Crippen molar-refractivity contribution in [1.29, 1.82) is 0 Å². The molecule has 7 nitrogen and oxygen atoms in total. The van der Waals surface area contributed by atoms with Crippen LogP contribution in [0.25, 0.3) is 10.7 Å². The Morgan fingerprint density at radius 2 is 2.19 bits per heavy atom. The van der Waals surface area contributed by atoms with Gasteiger partial charge in [0.25, 0.3) is 0 Å². The van der Waals surface area contributed by atoms with Crippen LogP contribution in [0, 0.1) is 6.92 Å². The van der Waals surface area contributed by atoms with E-state index in [1.54, 1.807) is 25.2 Å². The fourth-order valence-corrected chi connectivity index (χ4v) is 4.08. The van der Waals surface area contributed by atoms with Gasteiger partial charge in [0.05, 0.1) is 17.2 Å². The highest BCUT2D eigenvalue weighted by molar-refractivity contribution is 7.98. The SMILES string of the molecule is CCOC(=O)c1cnc(C)nc1CSc1nnc(-c2cccs2)n1CC. The third kappa shape index (κ3) is 3.94. The summed E-state index contributed by atoms with van der Waals surface area (Å²) in [4.78, 5) is 21.7. The molecule has 0 bridgehead atoms. The standard InChI is InChI=1S/C17H19N5O2S2/c1-4-22-15(14-7-6-8-25-14)20-21-17(22)26-10-13-12(16(23)24-5-2)9-18-11(3)19-13/h6-9H,4-5,10H2,1-3H3. The summed E-state index contributed by atoms with van der Waals surface area (Å²) in [6, 6.07) is 4.03. The van der Waals surface area contributed by atoms with Gasteiger partial charge in [-0.15, -0.1) is 21.5 Å². The highest BCUT2D eigenvalue weighted by Gasteiger charge is 2.18. The summed E-state index contributed by atoms with van der Waals surface area (Å²) in [6.07, 6.45) is 1.53. The summed E-state index contributed by atoms with van der Waals surface area (Å²) >= 11 is 3.13. The molecule has 26 heavy (non-hydrogen) atoms. The number of hydrogen-bond donors (Lipinski definition) is 0. The van der Waals surface area contributed by atoms with Gasteiger partial charge in [0.1, 0.15) is 11.4 Å². The van der Waals surface area contributed by atoms with Gasteiger partial charge < -0.3 is 9.30 Å². The Kier molecular flexibility index (Phi) is 6.00. The molecule has 3 aromatic rings. The molecule has 0 aliphatic rings. The maximum absolute atomic E-state index is 12.1. The molecule has 0 aliphatic carbocycles. The molecular formula is C17H19N5O2S2. The van der Waals surface area contributed by atoms with Crippen LogP contribution in [0.3, 0.4) is 0 Å². The Balaban J connectivity index is 1.84. The normalized spacial score (nSPS) is 10.9. The predicted octanol–water partition coefficient (Wildman–Crippen LogP) is 3.59. The number of thioether (sulfide) groups is 1. The van der Waals surface area contributed by atoms with E-state index in [0.29, 0.717) is 29.4 Å². The van der Waals surface area contributed by atoms with Crippen LogP contribution in [0.5, 0.6) is 0 Å². The number of carbonyl (C=O) groups is 1. The Labute approximate surface area is 159 Å². The summed E-state index contributed by atoms with van der Waals surface area (Å²) in [5.74, 6) is 1.55. The first-order valence-corrected chi connectivity index (χ1v) is 10.1. The van der Waals surface area contributed by atoms with E-state index in [2.05, 4.69) is 31.7 Å². The predicted molar refractivity (Wildman–Crippen MR) is 101 cm³/mol. The molecule has 0 saturated carbocycles. The summed E-state index contributed by atoms with van der Waals surface area (Å²) in [5.41, 5.74) is 1.04. The smallest absolute Gasteiger partial charge is 0.341 e. The largest absolute Gasteiger partial charge is 0.462 e. The Hall–Kier alpha value is -2.26. The van der Waals surface area contributed by atoms with Gasteiger partial charge in [-0.1, -0.05) is 17.8 Å². The first-order valence-electron chi connectivity index (χ1n) is 8.23. The second-order valence-corrected chi connectivity index (χ2v) is 7.20. The molecule has 0 fully saturated rings. The number of nitrogens with zero attached hydrogens (tertiary/aromatic N) is 5. The van der Waals surface area contributed by atoms with Crippen LogP contribution >= 0.6 is 23.1 Å². The van der Waals surface area contributed by atoms with E-state index in [1.807, 2.05) is 17.5 Å². The van der Waals surface area contributed by atoms with E-state index in [9.17, 15) is 4.79 Å². The van der Waals surface area contributed by atoms with Crippen molar-refractivity contribution < 1.29 is 9.53 Å². The van der Waals surface area contributed by atoms with Gasteiger partial charge in [0.15, 0.2) is 11.0 Å². The fraction of sp³-hybridized carbons (Fsp3) is 0.353. The summed E-state index contributed by atoms with van der Waals surface area (Å²) in [5, 5.41) is 11.5. The average Bonchev–Trinajstić information content (AvgIpc) is 3.29. The number of aryl methyl sites for hydroxylation is 1. The topological polar surface area (TPSA) is 82.8 Å². The van der Waals surface area contributed by atoms with Crippen molar-refractivity contribution in [2.75, 3.05) is 6.61 Å². The maximum Gasteiger partial charge on any atom is 0.341 e. The van der Waals surface area contributed by atoms with Crippen LogP contribution < -0.4 is 0 Å². The molecule has 9 heteroatoms. The lowest BCUT2D eigenvalue weighted by atomic mass is 10.2. The third-order valence-corrected chi connectivity index (χ3v) is 5.44. The van der Waals surface area contributed by atoms with Gasteiger partial charge in [-0.05, 0) is 32.2 Å². The Morgan fingerprint density at radius 1 is 1.35 bits per heavy atom. The highest BCUT2D eigenvalue weighted by atomic mass is 32.2. The van der Waals surface area contributed by atoms with Crippen molar-refractivity contribution in [2.45, 2.75) is 38.2 Å². The highest BCUT2D eigenvalue weighted by Crippen LogP contribution is 2.29.